The predicted octanol–water partition coefficient (Wildman–Crippen LogP) is 2.27. The molecule has 2 amide bonds. The van der Waals surface area contributed by atoms with Gasteiger partial charge in [0.25, 0.3) is 11.5 Å². The van der Waals surface area contributed by atoms with Gasteiger partial charge in [0.05, 0.1) is 16.5 Å². The molecule has 3 rings (SSSR count). The lowest BCUT2D eigenvalue weighted by atomic mass is 9.94. The Kier molecular flexibility index (Phi) is 4.12. The van der Waals surface area contributed by atoms with E-state index < -0.39 is 40.2 Å². The van der Waals surface area contributed by atoms with Crippen molar-refractivity contribution in [3.05, 3.63) is 39.9 Å². The minimum absolute atomic E-state index is 0.0220. The first-order chi connectivity index (χ1) is 12.1. The molecule has 1 aliphatic heterocycles. The molecule has 1 aromatic heterocycles. The average molecular weight is 367 g/mol. The average Bonchev–Trinajstić information content (AvgIpc) is 2.65. The van der Waals surface area contributed by atoms with Crippen molar-refractivity contribution < 1.29 is 22.8 Å². The summed E-state index contributed by atoms with van der Waals surface area (Å²) in [6.07, 6.45) is -3.97. The van der Waals surface area contributed by atoms with Gasteiger partial charge in [0, 0.05) is 6.42 Å². The Balaban J connectivity index is 2.31. The molecule has 1 N–H and O–H groups in total. The van der Waals surface area contributed by atoms with E-state index in [1.807, 2.05) is 0 Å². The number of aryl methyl sites for hydroxylation is 1. The summed E-state index contributed by atoms with van der Waals surface area (Å²) in [5.74, 6) is -1.14. The molecular weight excluding hydrogens is 351 g/mol. The zero-order valence-electron chi connectivity index (χ0n) is 14.1. The Labute approximate surface area is 146 Å². The third-order valence-corrected chi connectivity index (χ3v) is 4.68. The molecule has 9 heteroatoms. The van der Waals surface area contributed by atoms with Crippen LogP contribution in [0.25, 0.3) is 10.9 Å². The summed E-state index contributed by atoms with van der Waals surface area (Å²) in [5.41, 5.74) is -3.62. The molecule has 0 aliphatic carbocycles. The van der Waals surface area contributed by atoms with Crippen LogP contribution in [-0.2, 0) is 21.3 Å². The third kappa shape index (κ3) is 2.77. The van der Waals surface area contributed by atoms with E-state index in [0.29, 0.717) is 6.42 Å². The smallest absolute Gasteiger partial charge is 0.294 e. The van der Waals surface area contributed by atoms with E-state index >= 15 is 0 Å². The fraction of sp³-hybridized carbons (Fsp3) is 0.412. The summed E-state index contributed by atoms with van der Waals surface area (Å²) >= 11 is 0. The largest absolute Gasteiger partial charge is 0.418 e. The number of fused-ring (bicyclic) bond motifs is 1. The van der Waals surface area contributed by atoms with E-state index in [9.17, 15) is 27.6 Å². The second kappa shape index (κ2) is 5.93. The van der Waals surface area contributed by atoms with Crippen LogP contribution in [0.3, 0.4) is 0 Å². The van der Waals surface area contributed by atoms with Gasteiger partial charge in [0.15, 0.2) is 0 Å². The molecule has 0 saturated carbocycles. The molecule has 1 saturated heterocycles. The van der Waals surface area contributed by atoms with E-state index in [0.717, 1.165) is 16.7 Å². The summed E-state index contributed by atoms with van der Waals surface area (Å²) in [4.78, 5) is 41.1. The van der Waals surface area contributed by atoms with Crippen LogP contribution in [0, 0.1) is 6.92 Å². The monoisotopic (exact) mass is 367 g/mol. The predicted molar refractivity (Wildman–Crippen MR) is 86.4 cm³/mol. The van der Waals surface area contributed by atoms with E-state index in [1.54, 1.807) is 0 Å². The first kappa shape index (κ1) is 18.1. The summed E-state index contributed by atoms with van der Waals surface area (Å²) in [6, 6.07) is 3.24. The number of amides is 2. The minimum Gasteiger partial charge on any atom is -0.294 e. The number of aromatic nitrogens is 2. The number of carbonyl (C=O) groups excluding carboxylic acids is 2. The highest BCUT2D eigenvalue weighted by molar-refractivity contribution is 5.99. The number of para-hydroxylation sites is 1. The van der Waals surface area contributed by atoms with Crippen molar-refractivity contribution in [1.29, 1.82) is 0 Å². The summed E-state index contributed by atoms with van der Waals surface area (Å²) in [7, 11) is 0. The van der Waals surface area contributed by atoms with Crippen molar-refractivity contribution in [2.24, 2.45) is 0 Å². The normalized spacial score (nSPS) is 21.6. The fourth-order valence-electron chi connectivity index (χ4n) is 3.37. The van der Waals surface area contributed by atoms with Gasteiger partial charge in [-0.2, -0.15) is 13.2 Å². The molecular formula is C17H16F3N3O3. The van der Waals surface area contributed by atoms with Crippen LogP contribution in [0.1, 0.15) is 37.6 Å². The molecule has 6 nitrogen and oxygen atoms in total. The summed E-state index contributed by atoms with van der Waals surface area (Å²) < 4.78 is 40.7. The number of nitrogens with one attached hydrogen (secondary N) is 1. The van der Waals surface area contributed by atoms with Gasteiger partial charge in [-0.05, 0) is 38.8 Å². The Hall–Kier alpha value is -2.71. The Morgan fingerprint density at radius 3 is 2.58 bits per heavy atom. The molecule has 2 heterocycles. The zero-order chi connectivity index (χ0) is 19.3. The number of hydrogen-bond donors (Lipinski definition) is 1. The van der Waals surface area contributed by atoms with Gasteiger partial charge in [-0.15, -0.1) is 0 Å². The van der Waals surface area contributed by atoms with Crippen molar-refractivity contribution in [2.75, 3.05) is 0 Å². The minimum atomic E-state index is -4.66. The number of imide groups is 1. The lowest BCUT2D eigenvalue weighted by Crippen LogP contribution is -2.51. The van der Waals surface area contributed by atoms with Gasteiger partial charge in [-0.3, -0.25) is 24.3 Å². The first-order valence-corrected chi connectivity index (χ1v) is 8.00. The Morgan fingerprint density at radius 2 is 1.92 bits per heavy atom. The molecule has 1 fully saturated rings. The summed E-state index contributed by atoms with van der Waals surface area (Å²) in [5, 5.41) is 2.00. The van der Waals surface area contributed by atoms with Crippen LogP contribution < -0.4 is 10.9 Å². The van der Waals surface area contributed by atoms with Gasteiger partial charge in [-0.25, -0.2) is 4.98 Å². The topological polar surface area (TPSA) is 81.1 Å². The van der Waals surface area contributed by atoms with Crippen LogP contribution in [0.4, 0.5) is 13.2 Å². The highest BCUT2D eigenvalue weighted by atomic mass is 19.4. The molecule has 26 heavy (non-hydrogen) atoms. The Bertz CT molecular complexity index is 981. The molecule has 2 aromatic rings. The van der Waals surface area contributed by atoms with E-state index in [2.05, 4.69) is 10.3 Å². The second-order valence-electron chi connectivity index (χ2n) is 6.50. The Morgan fingerprint density at radius 1 is 1.23 bits per heavy atom. The van der Waals surface area contributed by atoms with Gasteiger partial charge in [-0.1, -0.05) is 6.07 Å². The standard InChI is InChI=1S/C17H16F3N3O3/c1-9-21-13-10(5-3-6-11(13)17(18,19)20)14(25)23(9)16(2)8-4-7-12(24)22-15(16)26/h3,5-6H,4,7-8H2,1-2H3,(H,22,24,26). The van der Waals surface area contributed by atoms with Crippen molar-refractivity contribution >= 4 is 22.7 Å². The third-order valence-electron chi connectivity index (χ3n) is 4.68. The number of carbonyl (C=O) groups is 2. The SMILES string of the molecule is Cc1nc2c(C(F)(F)F)cccc2c(=O)n1C1(C)CCCC(=O)NC1=O. The summed E-state index contributed by atoms with van der Waals surface area (Å²) in [6.45, 7) is 2.86. The van der Waals surface area contributed by atoms with Gasteiger partial charge < -0.3 is 0 Å². The van der Waals surface area contributed by atoms with Crippen LogP contribution >= 0.6 is 0 Å². The quantitative estimate of drug-likeness (QED) is 0.784. The van der Waals surface area contributed by atoms with Crippen LogP contribution in [0.15, 0.2) is 23.0 Å². The van der Waals surface area contributed by atoms with Gasteiger partial charge in [0.2, 0.25) is 5.91 Å². The molecule has 0 bridgehead atoms. The maximum absolute atomic E-state index is 13.2. The number of hydrogen-bond acceptors (Lipinski definition) is 4. The van der Waals surface area contributed by atoms with Crippen LogP contribution in [-0.4, -0.2) is 21.4 Å². The van der Waals surface area contributed by atoms with Gasteiger partial charge >= 0.3 is 6.18 Å². The second-order valence-corrected chi connectivity index (χ2v) is 6.50. The van der Waals surface area contributed by atoms with Crippen LogP contribution in [0.2, 0.25) is 0 Å². The lowest BCUT2D eigenvalue weighted by molar-refractivity contribution is -0.137. The number of rotatable bonds is 1. The number of benzene rings is 1. The van der Waals surface area contributed by atoms with E-state index in [-0.39, 0.29) is 24.1 Å². The molecule has 1 aliphatic rings. The molecule has 0 spiro atoms. The lowest BCUT2D eigenvalue weighted by Gasteiger charge is -2.30. The number of nitrogens with zero attached hydrogens (tertiary/aromatic N) is 2. The zero-order valence-corrected chi connectivity index (χ0v) is 14.1. The van der Waals surface area contributed by atoms with Gasteiger partial charge in [0.1, 0.15) is 11.4 Å². The first-order valence-electron chi connectivity index (χ1n) is 8.00. The highest BCUT2D eigenvalue weighted by Crippen LogP contribution is 2.34. The van der Waals surface area contributed by atoms with E-state index in [4.69, 9.17) is 0 Å². The van der Waals surface area contributed by atoms with Crippen molar-refractivity contribution in [3.8, 4) is 0 Å². The van der Waals surface area contributed by atoms with Crippen molar-refractivity contribution in [3.63, 3.8) is 0 Å². The molecule has 138 valence electrons. The molecule has 0 radical (unpaired) electrons. The molecule has 1 aromatic carbocycles. The molecule has 1 atom stereocenters. The van der Waals surface area contributed by atoms with Crippen LogP contribution in [0.5, 0.6) is 0 Å². The van der Waals surface area contributed by atoms with E-state index in [1.165, 1.54) is 19.9 Å². The number of alkyl halides is 3. The van der Waals surface area contributed by atoms with Crippen molar-refractivity contribution in [2.45, 2.75) is 44.8 Å². The molecule has 1 unspecified atom stereocenters. The number of halogens is 3. The highest BCUT2D eigenvalue weighted by Gasteiger charge is 2.41. The maximum Gasteiger partial charge on any atom is 0.418 e. The fourth-order valence-corrected chi connectivity index (χ4v) is 3.37. The maximum atomic E-state index is 13.2. The van der Waals surface area contributed by atoms with Crippen molar-refractivity contribution in [1.82, 2.24) is 14.9 Å².